The zero-order chi connectivity index (χ0) is 11.5. The first kappa shape index (κ1) is 11.1. The van der Waals surface area contributed by atoms with E-state index < -0.39 is 0 Å². The highest BCUT2D eigenvalue weighted by Crippen LogP contribution is 2.32. The van der Waals surface area contributed by atoms with Gasteiger partial charge >= 0.3 is 0 Å². The maximum absolute atomic E-state index is 11.8. The number of hydrogen-bond acceptors (Lipinski definition) is 4. The molecule has 1 saturated heterocycles. The van der Waals surface area contributed by atoms with Crippen molar-refractivity contribution < 1.29 is 14.1 Å². The lowest BCUT2D eigenvalue weighted by Gasteiger charge is -2.22. The zero-order valence-corrected chi connectivity index (χ0v) is 9.60. The number of ether oxygens (including phenoxy) is 1. The highest BCUT2D eigenvalue weighted by Gasteiger charge is 2.32. The van der Waals surface area contributed by atoms with Gasteiger partial charge in [0.05, 0.1) is 11.7 Å². The van der Waals surface area contributed by atoms with Gasteiger partial charge in [0.15, 0.2) is 5.76 Å². The van der Waals surface area contributed by atoms with E-state index in [-0.39, 0.29) is 18.6 Å². The summed E-state index contributed by atoms with van der Waals surface area (Å²) in [5.41, 5.74) is 0.848. The monoisotopic (exact) mass is 224 g/mol. The molecule has 0 aromatic carbocycles. The van der Waals surface area contributed by atoms with Crippen LogP contribution in [-0.2, 0) is 9.53 Å². The Kier molecular flexibility index (Phi) is 3.24. The molecule has 0 spiro atoms. The lowest BCUT2D eigenvalue weighted by atomic mass is 10.1. The molecule has 88 valence electrons. The summed E-state index contributed by atoms with van der Waals surface area (Å²) in [6.07, 6.45) is 1.93. The van der Waals surface area contributed by atoms with E-state index in [1.54, 1.807) is 0 Å². The summed E-state index contributed by atoms with van der Waals surface area (Å²) in [6.45, 7) is 2.78. The highest BCUT2D eigenvalue weighted by molar-refractivity contribution is 5.78. The third-order valence-corrected chi connectivity index (χ3v) is 2.82. The van der Waals surface area contributed by atoms with E-state index in [2.05, 4.69) is 5.16 Å². The number of aromatic nitrogens is 1. The molecule has 1 aliphatic rings. The molecule has 16 heavy (non-hydrogen) atoms. The van der Waals surface area contributed by atoms with Crippen LogP contribution in [0.3, 0.4) is 0 Å². The molecular formula is C11H16N2O3. The van der Waals surface area contributed by atoms with E-state index in [1.807, 2.05) is 17.9 Å². The SMILES string of the molecule is COCC(=O)N1CCCC1c1cc(C)no1. The second-order valence-corrected chi connectivity index (χ2v) is 4.05. The number of carbonyl (C=O) groups excluding carboxylic acids is 1. The van der Waals surface area contributed by atoms with E-state index >= 15 is 0 Å². The van der Waals surface area contributed by atoms with Crippen molar-refractivity contribution in [3.05, 3.63) is 17.5 Å². The van der Waals surface area contributed by atoms with Crippen molar-refractivity contribution in [2.75, 3.05) is 20.3 Å². The number of nitrogens with zero attached hydrogens (tertiary/aromatic N) is 2. The summed E-state index contributed by atoms with van der Waals surface area (Å²) >= 11 is 0. The van der Waals surface area contributed by atoms with E-state index in [9.17, 15) is 4.79 Å². The lowest BCUT2D eigenvalue weighted by molar-refractivity contribution is -0.136. The molecule has 1 amide bonds. The Balaban J connectivity index is 2.11. The van der Waals surface area contributed by atoms with Gasteiger partial charge < -0.3 is 14.2 Å². The number of amides is 1. The Morgan fingerprint density at radius 1 is 1.75 bits per heavy atom. The number of aryl methyl sites for hydroxylation is 1. The molecule has 2 heterocycles. The quantitative estimate of drug-likeness (QED) is 0.776. The number of rotatable bonds is 3. The highest BCUT2D eigenvalue weighted by atomic mass is 16.5. The number of carbonyl (C=O) groups is 1. The minimum absolute atomic E-state index is 0.0130. The molecule has 0 N–H and O–H groups in total. The molecule has 5 nitrogen and oxygen atoms in total. The largest absolute Gasteiger partial charge is 0.375 e. The Morgan fingerprint density at radius 2 is 2.56 bits per heavy atom. The Bertz CT molecular complexity index is 375. The smallest absolute Gasteiger partial charge is 0.249 e. The Labute approximate surface area is 94.3 Å². The second-order valence-electron chi connectivity index (χ2n) is 4.05. The zero-order valence-electron chi connectivity index (χ0n) is 9.60. The standard InChI is InChI=1S/C11H16N2O3/c1-8-6-10(16-12-8)9-4-3-5-13(9)11(14)7-15-2/h6,9H,3-5,7H2,1-2H3. The van der Waals surface area contributed by atoms with Gasteiger partial charge in [-0.05, 0) is 19.8 Å². The van der Waals surface area contributed by atoms with Crippen LogP contribution in [0.4, 0.5) is 0 Å². The molecule has 0 radical (unpaired) electrons. The summed E-state index contributed by atoms with van der Waals surface area (Å²) in [5, 5.41) is 3.86. The lowest BCUT2D eigenvalue weighted by Crippen LogP contribution is -2.33. The van der Waals surface area contributed by atoms with Crippen LogP contribution >= 0.6 is 0 Å². The first-order valence-corrected chi connectivity index (χ1v) is 5.44. The van der Waals surface area contributed by atoms with Crippen molar-refractivity contribution in [2.45, 2.75) is 25.8 Å². The third kappa shape index (κ3) is 2.09. The van der Waals surface area contributed by atoms with Crippen LogP contribution < -0.4 is 0 Å². The van der Waals surface area contributed by atoms with E-state index in [0.717, 1.165) is 30.8 Å². The summed E-state index contributed by atoms with van der Waals surface area (Å²) in [6, 6.07) is 1.92. The van der Waals surface area contributed by atoms with Crippen molar-refractivity contribution >= 4 is 5.91 Å². The minimum atomic E-state index is 0.0130. The fourth-order valence-corrected chi connectivity index (χ4v) is 2.11. The molecule has 1 fully saturated rings. The van der Waals surface area contributed by atoms with Gasteiger partial charge in [0, 0.05) is 19.7 Å². The Hall–Kier alpha value is -1.36. The molecule has 1 aromatic heterocycles. The molecular weight excluding hydrogens is 208 g/mol. The van der Waals surface area contributed by atoms with Gasteiger partial charge in [-0.3, -0.25) is 4.79 Å². The van der Waals surface area contributed by atoms with Crippen LogP contribution in [0.2, 0.25) is 0 Å². The van der Waals surface area contributed by atoms with Gasteiger partial charge in [0.1, 0.15) is 6.61 Å². The van der Waals surface area contributed by atoms with Crippen molar-refractivity contribution in [3.63, 3.8) is 0 Å². The van der Waals surface area contributed by atoms with Crippen molar-refractivity contribution in [1.82, 2.24) is 10.1 Å². The summed E-state index contributed by atoms with van der Waals surface area (Å²) in [7, 11) is 1.53. The molecule has 1 aromatic rings. The average Bonchev–Trinajstić information content (AvgIpc) is 2.85. The van der Waals surface area contributed by atoms with Crippen LogP contribution in [0.1, 0.15) is 30.3 Å². The first-order chi connectivity index (χ1) is 7.72. The van der Waals surface area contributed by atoms with E-state index in [0.29, 0.717) is 0 Å². The maximum Gasteiger partial charge on any atom is 0.249 e. The van der Waals surface area contributed by atoms with Gasteiger partial charge in [-0.2, -0.15) is 0 Å². The topological polar surface area (TPSA) is 55.6 Å². The molecule has 1 atom stereocenters. The van der Waals surface area contributed by atoms with Gasteiger partial charge in [-0.1, -0.05) is 5.16 Å². The van der Waals surface area contributed by atoms with E-state index in [4.69, 9.17) is 9.26 Å². The average molecular weight is 224 g/mol. The van der Waals surface area contributed by atoms with E-state index in [1.165, 1.54) is 7.11 Å². The van der Waals surface area contributed by atoms with Crippen LogP contribution in [0.5, 0.6) is 0 Å². The van der Waals surface area contributed by atoms with Crippen LogP contribution in [0.25, 0.3) is 0 Å². The van der Waals surface area contributed by atoms with Crippen molar-refractivity contribution in [2.24, 2.45) is 0 Å². The predicted molar refractivity (Wildman–Crippen MR) is 56.8 cm³/mol. The van der Waals surface area contributed by atoms with Gasteiger partial charge in [-0.15, -0.1) is 0 Å². The molecule has 0 saturated carbocycles. The molecule has 1 aliphatic heterocycles. The molecule has 0 bridgehead atoms. The maximum atomic E-state index is 11.8. The van der Waals surface area contributed by atoms with Crippen LogP contribution in [-0.4, -0.2) is 36.2 Å². The molecule has 0 aliphatic carbocycles. The summed E-state index contributed by atoms with van der Waals surface area (Å²) in [5.74, 6) is 0.790. The molecule has 1 unspecified atom stereocenters. The summed E-state index contributed by atoms with van der Waals surface area (Å²) in [4.78, 5) is 13.6. The minimum Gasteiger partial charge on any atom is -0.375 e. The molecule has 2 rings (SSSR count). The number of likely N-dealkylation sites (tertiary alicyclic amines) is 1. The Morgan fingerprint density at radius 3 is 3.19 bits per heavy atom. The van der Waals surface area contributed by atoms with Crippen LogP contribution in [0.15, 0.2) is 10.6 Å². The van der Waals surface area contributed by atoms with Crippen molar-refractivity contribution in [1.29, 1.82) is 0 Å². The van der Waals surface area contributed by atoms with Gasteiger partial charge in [0.2, 0.25) is 5.91 Å². The summed E-state index contributed by atoms with van der Waals surface area (Å²) < 4.78 is 10.1. The molecule has 5 heteroatoms. The van der Waals surface area contributed by atoms with Crippen molar-refractivity contribution in [3.8, 4) is 0 Å². The van der Waals surface area contributed by atoms with Crippen LogP contribution in [0, 0.1) is 6.92 Å². The normalized spacial score (nSPS) is 20.4. The predicted octanol–water partition coefficient (Wildman–Crippen LogP) is 1.29. The van der Waals surface area contributed by atoms with Gasteiger partial charge in [-0.25, -0.2) is 0 Å². The van der Waals surface area contributed by atoms with Gasteiger partial charge in [0.25, 0.3) is 0 Å². The number of methoxy groups -OCH3 is 1. The fourth-order valence-electron chi connectivity index (χ4n) is 2.11. The third-order valence-electron chi connectivity index (χ3n) is 2.82. The fraction of sp³-hybridized carbons (Fsp3) is 0.636. The number of hydrogen-bond donors (Lipinski definition) is 0. The second kappa shape index (κ2) is 4.65. The first-order valence-electron chi connectivity index (χ1n) is 5.44.